The molecule has 0 saturated carbocycles. The Morgan fingerprint density at radius 3 is 1.70 bits per heavy atom. The van der Waals surface area contributed by atoms with Crippen LogP contribution in [0.1, 0.15) is 230 Å². The lowest BCUT2D eigenvalue weighted by Gasteiger charge is -2.48. The van der Waals surface area contributed by atoms with Crippen molar-refractivity contribution in [2.45, 2.75) is 368 Å². The first-order chi connectivity index (χ1) is 66.6. The number of aryl methyl sites for hydroxylation is 2. The van der Waals surface area contributed by atoms with Gasteiger partial charge in [0.05, 0.1) is 84.9 Å². The Balaban J connectivity index is 0.000000317. The number of esters is 2. The molecule has 2 aromatic carbocycles. The maximum atomic E-state index is 14.6. The first-order valence-electron chi connectivity index (χ1n) is 50.2. The molecule has 142 heavy (non-hydrogen) atoms. The highest BCUT2D eigenvalue weighted by Gasteiger charge is 2.61. The van der Waals surface area contributed by atoms with Crippen LogP contribution in [-0.2, 0) is 89.1 Å². The van der Waals surface area contributed by atoms with E-state index in [2.05, 4.69) is 92.5 Å². The van der Waals surface area contributed by atoms with Crippen molar-refractivity contribution in [3.05, 3.63) is 93.1 Å². The molecule has 6 aliphatic rings. The molecule has 0 spiro atoms. The van der Waals surface area contributed by atoms with E-state index in [1.807, 2.05) is 133 Å². The molecule has 25 atom stereocenters. The molecule has 4 amide bonds. The maximum Gasteiger partial charge on any atom is 0.412 e. The highest BCUT2D eigenvalue weighted by molar-refractivity contribution is 6.00. The molecule has 5 N–H and O–H groups in total. The first-order valence-corrected chi connectivity index (χ1v) is 50.2. The molecule has 8 heterocycles. The molecule has 6 aliphatic heterocycles. The Labute approximate surface area is 837 Å². The summed E-state index contributed by atoms with van der Waals surface area (Å²) in [6, 6.07) is 12.9. The molecule has 41 nitrogen and oxygen atoms in total. The number of amides is 4. The van der Waals surface area contributed by atoms with Crippen LogP contribution in [0.3, 0.4) is 0 Å². The van der Waals surface area contributed by atoms with E-state index in [4.69, 9.17) is 72.6 Å². The topological polar surface area (TPSA) is 480 Å². The van der Waals surface area contributed by atoms with Crippen molar-refractivity contribution < 1.29 is 100 Å². The van der Waals surface area contributed by atoms with E-state index in [1.165, 1.54) is 0 Å². The second-order valence-electron chi connectivity index (χ2n) is 43.3. The Kier molecular flexibility index (Phi) is 40.6. The normalized spacial score (nSPS) is 29.4. The number of cyclic esters (lactones) is 3. The van der Waals surface area contributed by atoms with E-state index in [0.717, 1.165) is 11.1 Å². The van der Waals surface area contributed by atoms with Crippen molar-refractivity contribution in [3.63, 3.8) is 0 Å². The summed E-state index contributed by atoms with van der Waals surface area (Å²) in [6.07, 6.45) is 1.39. The number of benzene rings is 2. The smallest absolute Gasteiger partial charge is 0.412 e. The van der Waals surface area contributed by atoms with Crippen molar-refractivity contribution in [1.29, 1.82) is 0 Å². The van der Waals surface area contributed by atoms with Crippen molar-refractivity contribution >= 4 is 53.5 Å². The number of aromatic nitrogens is 6. The molecule has 10 rings (SSSR count). The summed E-state index contributed by atoms with van der Waals surface area (Å²) in [5, 5.41) is 49.4. The molecular formula is C101H162N20O21. The number of anilines is 2. The fourth-order valence-electron chi connectivity index (χ4n) is 21.0. The molecule has 0 radical (unpaired) electrons. The van der Waals surface area contributed by atoms with Gasteiger partial charge in [0.1, 0.15) is 40.4 Å². The van der Waals surface area contributed by atoms with E-state index >= 15 is 0 Å². The van der Waals surface area contributed by atoms with Crippen LogP contribution in [0, 0.1) is 41.4 Å². The number of aliphatic hydroxyl groups is 1. The number of nitrogens with one attached hydrogen (secondary N) is 4. The fraction of sp³-hybridized carbons (Fsp3) is 0.752. The van der Waals surface area contributed by atoms with E-state index in [-0.39, 0.29) is 66.7 Å². The zero-order chi connectivity index (χ0) is 105. The van der Waals surface area contributed by atoms with E-state index in [0.29, 0.717) is 138 Å². The van der Waals surface area contributed by atoms with E-state index in [9.17, 15) is 38.7 Å². The molecule has 41 heteroatoms. The highest BCUT2D eigenvalue weighted by Crippen LogP contribution is 2.46. The summed E-state index contributed by atoms with van der Waals surface area (Å²) in [5.74, 6) is -5.24. The Bertz CT molecular complexity index is 5010. The summed E-state index contributed by atoms with van der Waals surface area (Å²) < 4.78 is 84.8. The van der Waals surface area contributed by atoms with Crippen LogP contribution in [0.15, 0.2) is 82.5 Å². The lowest BCUT2D eigenvalue weighted by atomic mass is 9.78. The molecule has 792 valence electrons. The minimum Gasteiger partial charge on any atom is -0.458 e. The number of rotatable bonds is 38. The largest absolute Gasteiger partial charge is 0.458 e. The van der Waals surface area contributed by atoms with Crippen LogP contribution in [0.2, 0.25) is 0 Å². The third-order valence-corrected chi connectivity index (χ3v) is 28.4. The number of ketones is 1. The summed E-state index contributed by atoms with van der Waals surface area (Å²) in [4.78, 5) is 108. The van der Waals surface area contributed by atoms with Gasteiger partial charge in [0.2, 0.25) is 5.79 Å². The van der Waals surface area contributed by atoms with Gasteiger partial charge in [-0.1, -0.05) is 100 Å². The van der Waals surface area contributed by atoms with Gasteiger partial charge in [-0.05, 0) is 250 Å². The standard InChI is InChI=1S/C52H84N10O11.C49H78N10O10/c1-17-41(63)52(13)43(62(48(66)73-52)24-19-18-23-61-30-39(57-59-61)36-21-20-22-37(25-36)56-47(65)72-49(7,8)9)35(6)54-28-31(2)27-51(12,67-16)44(33(4)42-34(5)45(64)71-50(10,11)70-42)69-46-32(3)40(60(14)15)26-38(68-46)29-55-58-53;1-15-39-49(11)41(59(46(63)69-49)22-17-16-21-58-28-37(54-56-58)34-19-18-20-35(23-34)53-45(62)68-47(7,8)9)33(6)51-26-29(2)25-48(10,64-14)42(31(4)40(60)32(5)43(61)66-39)67-44-30(3)38(57(12)13)24-36(65-44)27-52-55-50/h20-22,25,30-33,35,38,40-41,43-44,46,54,63H,17-19,23-24,26-29H2,1-16H3,(H,56,65);18-20,23,28-33,36,38-39,41-42,44,51H,15-17,21-22,24-27H2,1-14H3,(H,53,62)/t31-,32?,33+,35-,38?,40?,41-,43-,44-,46+,51-,52-;29-,30?,31+,32-,33-,36?,38?,39-,41-,42-,44+,48-,49-/m11/s1. The summed E-state index contributed by atoms with van der Waals surface area (Å²) in [6.45, 7) is 47.9. The van der Waals surface area contributed by atoms with Crippen molar-refractivity contribution in [2.75, 3.05) is 92.3 Å². The van der Waals surface area contributed by atoms with Gasteiger partial charge in [-0.15, -0.1) is 10.2 Å². The van der Waals surface area contributed by atoms with Crippen LogP contribution in [0.5, 0.6) is 0 Å². The van der Waals surface area contributed by atoms with E-state index < -0.39 is 155 Å². The van der Waals surface area contributed by atoms with Crippen molar-refractivity contribution in [2.24, 2.45) is 51.7 Å². The number of ether oxygens (including phenoxy) is 13. The number of azide groups is 2. The quantitative estimate of drug-likeness (QED) is 0.00529. The number of hydrogen-bond acceptors (Lipinski definition) is 31. The highest BCUT2D eigenvalue weighted by atomic mass is 16.7. The molecule has 6 unspecified atom stereocenters. The maximum absolute atomic E-state index is 14.6. The molecule has 5 fully saturated rings. The number of carbonyl (C=O) groups is 7. The Morgan fingerprint density at radius 1 is 0.697 bits per heavy atom. The van der Waals surface area contributed by atoms with E-state index in [1.54, 1.807) is 135 Å². The van der Waals surface area contributed by atoms with Crippen molar-refractivity contribution in [1.82, 2.24) is 60.2 Å². The van der Waals surface area contributed by atoms with Gasteiger partial charge >= 0.3 is 36.3 Å². The molecular weight excluding hydrogens is 1830 g/mol. The number of Topliss-reactive ketones (excluding diaryl/α,β-unsaturated/α-hetero) is 1. The average molecular weight is 1990 g/mol. The second kappa shape index (κ2) is 49.8. The predicted molar refractivity (Wildman–Crippen MR) is 534 cm³/mol. The molecule has 2 aromatic heterocycles. The van der Waals surface area contributed by atoms with Gasteiger partial charge in [0.25, 0.3) is 0 Å². The third kappa shape index (κ3) is 29.7. The zero-order valence-corrected chi connectivity index (χ0v) is 89.4. The number of carbonyl (C=O) groups excluding carboxylic acids is 7. The summed E-state index contributed by atoms with van der Waals surface area (Å²) in [7, 11) is 11.2. The van der Waals surface area contributed by atoms with Gasteiger partial charge in [-0.25, -0.2) is 24.0 Å². The number of unbranched alkanes of at least 4 members (excludes halogenated alkanes) is 2. The fourth-order valence-corrected chi connectivity index (χ4v) is 21.0. The number of fused-ring (bicyclic) bond motifs is 1. The number of nitrogens with zero attached hydrogens (tertiary/aromatic N) is 16. The number of methoxy groups -OCH3 is 2. The number of hydrogen-bond donors (Lipinski definition) is 5. The van der Waals surface area contributed by atoms with Crippen LogP contribution in [-0.4, -0.2) is 303 Å². The van der Waals surface area contributed by atoms with Gasteiger partial charge < -0.3 is 87.1 Å². The molecule has 4 aromatic rings. The van der Waals surface area contributed by atoms with Gasteiger partial charge in [0.15, 0.2) is 29.6 Å². The van der Waals surface area contributed by atoms with Gasteiger partial charge in [-0.2, -0.15) is 0 Å². The second-order valence-corrected chi connectivity index (χ2v) is 43.3. The van der Waals surface area contributed by atoms with Crippen LogP contribution < -0.4 is 21.3 Å². The third-order valence-electron chi connectivity index (χ3n) is 28.4. The van der Waals surface area contributed by atoms with Crippen LogP contribution in [0.4, 0.5) is 30.6 Å². The van der Waals surface area contributed by atoms with Gasteiger partial charge in [-0.3, -0.25) is 39.4 Å². The average Bonchev–Trinajstić information content (AvgIpc) is 1.55. The summed E-state index contributed by atoms with van der Waals surface area (Å²) in [5.41, 5.74) is 16.8. The van der Waals surface area contributed by atoms with Crippen LogP contribution in [0.25, 0.3) is 43.4 Å². The Morgan fingerprint density at radius 2 is 1.20 bits per heavy atom. The van der Waals surface area contributed by atoms with Crippen molar-refractivity contribution in [3.8, 4) is 22.5 Å². The molecule has 5 saturated heterocycles. The SMILES string of the molecule is CC[C@@H](O)[C@@]1(C)OC(=O)N(CCCCn2cc(-c3cccc(NC(=O)OC(C)(C)C)c3)nn2)[C@@H]1[C@@H](C)NC[C@H](C)C[C@@](C)(OC)[C@H](O[C@@H]1OC(CN=[N+]=[N-])CC(N(C)C)C1C)[C@@H](C)C1=C(C)C(=O)OC(C)(C)O1.CC[C@H]1OC(=O)[C@H](C)C(=O)[C@H](C)[C@@H](O[C@@H]2OC(CN=[N+]=[N-])CC(N(C)C)C2C)[C@](C)(OC)C[C@@H](C)CN[C@H](C)[C@H]2N(CCCCn3cc(-c4cccc(NC(=O)OC(C)(C)C)c4)nn3)C(=O)O[C@]12C. The van der Waals surface area contributed by atoms with Gasteiger partial charge in [0, 0.05) is 134 Å². The first kappa shape index (κ1) is 116. The lowest BCUT2D eigenvalue weighted by molar-refractivity contribution is -0.286. The number of aliphatic hydroxyl groups excluding tert-OH is 1. The molecule has 0 aliphatic carbocycles. The zero-order valence-electron chi connectivity index (χ0n) is 89.4. The minimum atomic E-state index is -1.27. The Hall–Kier alpha value is -9.87. The monoisotopic (exact) mass is 1990 g/mol. The molecule has 0 bridgehead atoms. The van der Waals surface area contributed by atoms with Crippen LogP contribution >= 0.6 is 0 Å². The summed E-state index contributed by atoms with van der Waals surface area (Å²) >= 11 is 0. The lowest BCUT2D eigenvalue weighted by Crippen LogP contribution is -2.61. The predicted octanol–water partition coefficient (Wildman–Crippen LogP) is 16.0. The minimum absolute atomic E-state index is 0.0262.